The van der Waals surface area contributed by atoms with Crippen LogP contribution in [0.2, 0.25) is 0 Å². The predicted octanol–water partition coefficient (Wildman–Crippen LogP) is 2.39. The van der Waals surface area contributed by atoms with Crippen LogP contribution in [0.25, 0.3) is 0 Å². The lowest BCUT2D eigenvalue weighted by Crippen LogP contribution is -2.12. The SMILES string of the molecule is COc1ccc(SCC(C)CN)c(OC)c1. The van der Waals surface area contributed by atoms with E-state index < -0.39 is 0 Å². The van der Waals surface area contributed by atoms with E-state index in [1.54, 1.807) is 26.0 Å². The molecular formula is C12H19NO2S. The minimum absolute atomic E-state index is 0.511. The van der Waals surface area contributed by atoms with E-state index in [-0.39, 0.29) is 0 Å². The summed E-state index contributed by atoms with van der Waals surface area (Å²) >= 11 is 1.76. The Hall–Kier alpha value is -0.870. The van der Waals surface area contributed by atoms with Crippen LogP contribution < -0.4 is 15.2 Å². The molecule has 90 valence electrons. The Morgan fingerprint density at radius 3 is 2.62 bits per heavy atom. The van der Waals surface area contributed by atoms with E-state index in [4.69, 9.17) is 15.2 Å². The van der Waals surface area contributed by atoms with Gasteiger partial charge in [-0.05, 0) is 24.6 Å². The first-order valence-corrected chi connectivity index (χ1v) is 6.24. The third-order valence-electron chi connectivity index (χ3n) is 2.30. The summed E-state index contributed by atoms with van der Waals surface area (Å²) in [5, 5.41) is 0. The molecule has 16 heavy (non-hydrogen) atoms. The van der Waals surface area contributed by atoms with E-state index in [1.165, 1.54) is 0 Å². The molecule has 1 aromatic carbocycles. The summed E-state index contributed by atoms with van der Waals surface area (Å²) in [6.45, 7) is 2.86. The van der Waals surface area contributed by atoms with Crippen LogP contribution in [0.3, 0.4) is 0 Å². The highest BCUT2D eigenvalue weighted by molar-refractivity contribution is 7.99. The number of benzene rings is 1. The standard InChI is InChI=1S/C12H19NO2S/c1-9(7-13)8-16-12-5-4-10(14-2)6-11(12)15-3/h4-6,9H,7-8,13H2,1-3H3. The molecule has 2 N–H and O–H groups in total. The summed E-state index contributed by atoms with van der Waals surface area (Å²) < 4.78 is 10.5. The molecule has 0 radical (unpaired) electrons. The van der Waals surface area contributed by atoms with E-state index in [1.807, 2.05) is 18.2 Å². The van der Waals surface area contributed by atoms with Crippen LogP contribution in [0, 0.1) is 5.92 Å². The molecule has 0 heterocycles. The first-order chi connectivity index (χ1) is 7.71. The lowest BCUT2D eigenvalue weighted by molar-refractivity contribution is 0.387. The minimum atomic E-state index is 0.511. The molecule has 1 aromatic rings. The van der Waals surface area contributed by atoms with Gasteiger partial charge >= 0.3 is 0 Å². The molecule has 3 nitrogen and oxygen atoms in total. The molecule has 0 bridgehead atoms. The average Bonchev–Trinajstić information content (AvgIpc) is 2.35. The predicted molar refractivity (Wildman–Crippen MR) is 68.5 cm³/mol. The number of rotatable bonds is 6. The molecule has 0 amide bonds. The van der Waals surface area contributed by atoms with Gasteiger partial charge in [0.2, 0.25) is 0 Å². The molecule has 1 atom stereocenters. The molecule has 4 heteroatoms. The lowest BCUT2D eigenvalue weighted by Gasteiger charge is -2.12. The van der Waals surface area contributed by atoms with Crippen molar-refractivity contribution in [3.05, 3.63) is 18.2 Å². The van der Waals surface area contributed by atoms with Crippen LogP contribution in [-0.4, -0.2) is 26.5 Å². The smallest absolute Gasteiger partial charge is 0.136 e. The van der Waals surface area contributed by atoms with Gasteiger partial charge in [0.05, 0.1) is 14.2 Å². The van der Waals surface area contributed by atoms with E-state index in [2.05, 4.69) is 6.92 Å². The molecule has 0 aliphatic rings. The van der Waals surface area contributed by atoms with Crippen LogP contribution in [-0.2, 0) is 0 Å². The van der Waals surface area contributed by atoms with Crippen LogP contribution in [0.1, 0.15) is 6.92 Å². The molecule has 0 aromatic heterocycles. The van der Waals surface area contributed by atoms with Gasteiger partial charge in [0.1, 0.15) is 11.5 Å². The monoisotopic (exact) mass is 241 g/mol. The van der Waals surface area contributed by atoms with Crippen molar-refractivity contribution in [3.8, 4) is 11.5 Å². The van der Waals surface area contributed by atoms with E-state index >= 15 is 0 Å². The topological polar surface area (TPSA) is 44.5 Å². The van der Waals surface area contributed by atoms with E-state index in [0.717, 1.165) is 22.1 Å². The van der Waals surface area contributed by atoms with Crippen molar-refractivity contribution >= 4 is 11.8 Å². The van der Waals surface area contributed by atoms with Crippen LogP contribution >= 0.6 is 11.8 Å². The Bertz CT molecular complexity index is 331. The molecule has 1 rings (SSSR count). The van der Waals surface area contributed by atoms with Crippen molar-refractivity contribution in [1.82, 2.24) is 0 Å². The zero-order valence-corrected chi connectivity index (χ0v) is 10.8. The second-order valence-electron chi connectivity index (χ2n) is 3.67. The quantitative estimate of drug-likeness (QED) is 0.777. The first-order valence-electron chi connectivity index (χ1n) is 5.26. The second kappa shape index (κ2) is 6.66. The number of hydrogen-bond acceptors (Lipinski definition) is 4. The molecule has 0 aliphatic carbocycles. The molecular weight excluding hydrogens is 222 g/mol. The van der Waals surface area contributed by atoms with Crippen molar-refractivity contribution in [1.29, 1.82) is 0 Å². The Morgan fingerprint density at radius 2 is 2.06 bits per heavy atom. The first kappa shape index (κ1) is 13.2. The van der Waals surface area contributed by atoms with Gasteiger partial charge in [-0.3, -0.25) is 0 Å². The van der Waals surface area contributed by atoms with Gasteiger partial charge < -0.3 is 15.2 Å². The Morgan fingerprint density at radius 1 is 1.31 bits per heavy atom. The Balaban J connectivity index is 2.71. The highest BCUT2D eigenvalue weighted by Gasteiger charge is 2.07. The summed E-state index contributed by atoms with van der Waals surface area (Å²) in [5.41, 5.74) is 5.59. The van der Waals surface area contributed by atoms with E-state index in [9.17, 15) is 0 Å². The van der Waals surface area contributed by atoms with Crippen LogP contribution in [0.15, 0.2) is 23.1 Å². The fourth-order valence-electron chi connectivity index (χ4n) is 1.19. The van der Waals surface area contributed by atoms with Crippen LogP contribution in [0.5, 0.6) is 11.5 Å². The molecule has 0 fully saturated rings. The summed E-state index contributed by atoms with van der Waals surface area (Å²) in [6, 6.07) is 5.86. The molecule has 0 saturated carbocycles. The third-order valence-corrected chi connectivity index (χ3v) is 3.68. The highest BCUT2D eigenvalue weighted by atomic mass is 32.2. The third kappa shape index (κ3) is 3.61. The van der Waals surface area contributed by atoms with Gasteiger partial charge in [-0.25, -0.2) is 0 Å². The average molecular weight is 241 g/mol. The fraction of sp³-hybridized carbons (Fsp3) is 0.500. The number of methoxy groups -OCH3 is 2. The maximum Gasteiger partial charge on any atom is 0.136 e. The molecule has 1 unspecified atom stereocenters. The number of ether oxygens (including phenoxy) is 2. The van der Waals surface area contributed by atoms with Crippen LogP contribution in [0.4, 0.5) is 0 Å². The number of nitrogens with two attached hydrogens (primary N) is 1. The van der Waals surface area contributed by atoms with Crippen molar-refractivity contribution in [3.63, 3.8) is 0 Å². The van der Waals surface area contributed by atoms with Crippen molar-refractivity contribution in [2.24, 2.45) is 11.7 Å². The zero-order chi connectivity index (χ0) is 12.0. The highest BCUT2D eigenvalue weighted by Crippen LogP contribution is 2.33. The maximum atomic E-state index is 5.59. The van der Waals surface area contributed by atoms with Crippen molar-refractivity contribution in [2.75, 3.05) is 26.5 Å². The summed E-state index contributed by atoms with van der Waals surface area (Å²) in [7, 11) is 3.32. The van der Waals surface area contributed by atoms with Gasteiger partial charge in [0, 0.05) is 16.7 Å². The largest absolute Gasteiger partial charge is 0.497 e. The Labute approximate surface area is 101 Å². The molecule has 0 saturated heterocycles. The summed E-state index contributed by atoms with van der Waals surface area (Å²) in [4.78, 5) is 1.13. The summed E-state index contributed by atoms with van der Waals surface area (Å²) in [6.07, 6.45) is 0. The van der Waals surface area contributed by atoms with Crippen molar-refractivity contribution in [2.45, 2.75) is 11.8 Å². The van der Waals surface area contributed by atoms with Gasteiger partial charge in [0.25, 0.3) is 0 Å². The van der Waals surface area contributed by atoms with E-state index in [0.29, 0.717) is 12.5 Å². The number of hydrogen-bond donors (Lipinski definition) is 1. The maximum absolute atomic E-state index is 5.59. The minimum Gasteiger partial charge on any atom is -0.497 e. The fourth-order valence-corrected chi connectivity index (χ4v) is 2.24. The molecule has 0 aliphatic heterocycles. The normalized spacial score (nSPS) is 12.2. The van der Waals surface area contributed by atoms with Gasteiger partial charge in [0.15, 0.2) is 0 Å². The van der Waals surface area contributed by atoms with Gasteiger partial charge in [-0.1, -0.05) is 6.92 Å². The zero-order valence-electron chi connectivity index (χ0n) is 10.0. The Kier molecular flexibility index (Phi) is 5.49. The van der Waals surface area contributed by atoms with Gasteiger partial charge in [-0.2, -0.15) is 0 Å². The lowest BCUT2D eigenvalue weighted by atomic mass is 10.2. The summed E-state index contributed by atoms with van der Waals surface area (Å²) in [5.74, 6) is 3.18. The molecule has 0 spiro atoms. The second-order valence-corrected chi connectivity index (χ2v) is 4.73. The van der Waals surface area contributed by atoms with Crippen molar-refractivity contribution < 1.29 is 9.47 Å². The number of thioether (sulfide) groups is 1. The van der Waals surface area contributed by atoms with Gasteiger partial charge in [-0.15, -0.1) is 11.8 Å².